The third-order valence-corrected chi connectivity index (χ3v) is 6.09. The number of hydrogen-bond acceptors (Lipinski definition) is 7. The van der Waals surface area contributed by atoms with E-state index in [-0.39, 0.29) is 0 Å². The smallest absolute Gasteiger partial charge is 0.210 e. The molecule has 2 N–H and O–H groups in total. The first kappa shape index (κ1) is 14.8. The van der Waals surface area contributed by atoms with E-state index in [1.807, 2.05) is 18.2 Å². The van der Waals surface area contributed by atoms with Gasteiger partial charge in [-0.15, -0.1) is 10.2 Å². The number of nitrogens with zero attached hydrogens (tertiary/aromatic N) is 4. The lowest BCUT2D eigenvalue weighted by atomic mass is 10.2. The first-order valence-corrected chi connectivity index (χ1v) is 9.45. The molecule has 21 heavy (non-hydrogen) atoms. The van der Waals surface area contributed by atoms with Gasteiger partial charge in [0.1, 0.15) is 4.38 Å². The number of aromatic nitrogens is 3. The molecule has 8 heteroatoms. The highest BCUT2D eigenvalue weighted by Crippen LogP contribution is 2.26. The normalized spacial score (nSPS) is 14.4. The van der Waals surface area contributed by atoms with Gasteiger partial charge in [-0.2, -0.15) is 0 Å². The lowest BCUT2D eigenvalue weighted by molar-refractivity contribution is 0.821. The van der Waals surface area contributed by atoms with Crippen molar-refractivity contribution in [3.8, 4) is 0 Å². The summed E-state index contributed by atoms with van der Waals surface area (Å²) in [4.78, 5) is 4.40. The Hall–Kier alpha value is -1.12. The second kappa shape index (κ2) is 7.24. The summed E-state index contributed by atoms with van der Waals surface area (Å²) in [5.41, 5.74) is 1.25. The van der Waals surface area contributed by atoms with Crippen molar-refractivity contribution in [2.75, 3.05) is 18.1 Å². The molecule has 0 fully saturated rings. The molecule has 0 aliphatic carbocycles. The van der Waals surface area contributed by atoms with Crippen LogP contribution in [-0.4, -0.2) is 31.5 Å². The average Bonchev–Trinajstić information content (AvgIpc) is 3.15. The highest BCUT2D eigenvalue weighted by Gasteiger charge is 2.13. The largest absolute Gasteiger partial charge is 0.336 e. The molecule has 0 bridgehead atoms. The summed E-state index contributed by atoms with van der Waals surface area (Å²) in [6.45, 7) is 0.917. The number of thioether (sulfide) groups is 3. The third-order valence-electron chi connectivity index (χ3n) is 2.83. The van der Waals surface area contributed by atoms with Gasteiger partial charge in [0.15, 0.2) is 5.82 Å². The highest BCUT2D eigenvalue weighted by atomic mass is 32.2. The highest BCUT2D eigenvalue weighted by molar-refractivity contribution is 8.38. The molecule has 3 rings (SSSR count). The maximum atomic E-state index is 6.06. The number of rotatable bonds is 5. The van der Waals surface area contributed by atoms with E-state index in [2.05, 4.69) is 27.3 Å². The minimum absolute atomic E-state index is 0.710. The van der Waals surface area contributed by atoms with E-state index in [1.54, 1.807) is 40.0 Å². The van der Waals surface area contributed by atoms with Gasteiger partial charge in [-0.25, -0.2) is 4.68 Å². The molecule has 0 saturated heterocycles. The van der Waals surface area contributed by atoms with Gasteiger partial charge < -0.3 is 5.84 Å². The van der Waals surface area contributed by atoms with Crippen LogP contribution in [0.3, 0.4) is 0 Å². The number of nitrogen functional groups attached to an aromatic ring is 1. The molecule has 2 aromatic rings. The van der Waals surface area contributed by atoms with Crippen LogP contribution in [0.2, 0.25) is 0 Å². The number of aliphatic imine (C=N–C) groups is 1. The molecule has 1 aliphatic heterocycles. The standard InChI is InChI=1S/C13H15N5S3/c14-18-11(9-21-13-15-6-7-19-13)16-17-12(18)20-8-10-4-2-1-3-5-10/h1-5H,6-9,14H2. The fourth-order valence-electron chi connectivity index (χ4n) is 1.76. The zero-order chi connectivity index (χ0) is 14.5. The van der Waals surface area contributed by atoms with E-state index in [1.165, 1.54) is 5.56 Å². The van der Waals surface area contributed by atoms with Crippen LogP contribution in [-0.2, 0) is 11.5 Å². The monoisotopic (exact) mass is 337 g/mol. The second-order valence-corrected chi connectivity index (χ2v) is 7.58. The molecule has 1 aromatic carbocycles. The average molecular weight is 337 g/mol. The predicted molar refractivity (Wildman–Crippen MR) is 92.2 cm³/mol. The minimum Gasteiger partial charge on any atom is -0.336 e. The first-order valence-electron chi connectivity index (χ1n) is 6.49. The maximum absolute atomic E-state index is 6.06. The Morgan fingerprint density at radius 1 is 1.14 bits per heavy atom. The molecule has 0 radical (unpaired) electrons. The summed E-state index contributed by atoms with van der Waals surface area (Å²) in [5.74, 6) is 9.47. The molecule has 1 aliphatic rings. The van der Waals surface area contributed by atoms with Crippen molar-refractivity contribution in [2.24, 2.45) is 4.99 Å². The van der Waals surface area contributed by atoms with Gasteiger partial charge >= 0.3 is 0 Å². The lowest BCUT2D eigenvalue weighted by Crippen LogP contribution is -2.13. The van der Waals surface area contributed by atoms with Crippen LogP contribution in [0, 0.1) is 0 Å². The summed E-state index contributed by atoms with van der Waals surface area (Å²) in [6.07, 6.45) is 0. The fourth-order valence-corrected chi connectivity index (χ4v) is 4.52. The van der Waals surface area contributed by atoms with Crippen molar-refractivity contribution in [1.29, 1.82) is 0 Å². The van der Waals surface area contributed by atoms with Crippen molar-refractivity contribution in [3.05, 3.63) is 41.7 Å². The molecule has 110 valence electrons. The molecule has 5 nitrogen and oxygen atoms in total. The van der Waals surface area contributed by atoms with Gasteiger partial charge in [0.05, 0.1) is 12.3 Å². The fraction of sp³-hybridized carbons (Fsp3) is 0.308. The zero-order valence-corrected chi connectivity index (χ0v) is 13.8. The van der Waals surface area contributed by atoms with Crippen molar-refractivity contribution in [2.45, 2.75) is 16.7 Å². The Morgan fingerprint density at radius 2 is 2.00 bits per heavy atom. The summed E-state index contributed by atoms with van der Waals surface area (Å²) < 4.78 is 2.71. The first-order chi connectivity index (χ1) is 10.3. The molecule has 1 aromatic heterocycles. The molecule has 0 unspecified atom stereocenters. The Kier molecular flexibility index (Phi) is 5.10. The van der Waals surface area contributed by atoms with E-state index in [9.17, 15) is 0 Å². The minimum atomic E-state index is 0.710. The van der Waals surface area contributed by atoms with Crippen molar-refractivity contribution >= 4 is 39.7 Å². The van der Waals surface area contributed by atoms with Gasteiger partial charge in [-0.05, 0) is 5.56 Å². The third kappa shape index (κ3) is 3.96. The Balaban J connectivity index is 1.57. The quantitative estimate of drug-likeness (QED) is 0.668. The van der Waals surface area contributed by atoms with Crippen molar-refractivity contribution in [3.63, 3.8) is 0 Å². The number of hydrogen-bond donors (Lipinski definition) is 1. The summed E-state index contributed by atoms with van der Waals surface area (Å²) in [5, 5.41) is 9.08. The molecule has 0 amide bonds. The number of benzene rings is 1. The Labute approximate surface area is 136 Å². The van der Waals surface area contributed by atoms with E-state index >= 15 is 0 Å². The Bertz CT molecular complexity index is 626. The molecular weight excluding hydrogens is 322 g/mol. The van der Waals surface area contributed by atoms with Crippen LogP contribution >= 0.6 is 35.3 Å². The molecule has 0 spiro atoms. The topological polar surface area (TPSA) is 69.1 Å². The molecular formula is C13H15N5S3. The maximum Gasteiger partial charge on any atom is 0.210 e. The van der Waals surface area contributed by atoms with Crippen LogP contribution in [0.1, 0.15) is 11.4 Å². The van der Waals surface area contributed by atoms with E-state index < -0.39 is 0 Å². The summed E-state index contributed by atoms with van der Waals surface area (Å²) in [6, 6.07) is 10.3. The van der Waals surface area contributed by atoms with E-state index in [0.717, 1.165) is 33.4 Å². The van der Waals surface area contributed by atoms with Gasteiger partial charge in [0, 0.05) is 11.5 Å². The van der Waals surface area contributed by atoms with Crippen LogP contribution in [0.15, 0.2) is 40.5 Å². The molecule has 0 atom stereocenters. The summed E-state index contributed by atoms with van der Waals surface area (Å²) in [7, 11) is 0. The SMILES string of the molecule is Nn1c(CSC2=NCCS2)nnc1SCc1ccccc1. The van der Waals surface area contributed by atoms with Crippen LogP contribution < -0.4 is 5.84 Å². The van der Waals surface area contributed by atoms with Gasteiger partial charge in [-0.1, -0.05) is 65.6 Å². The lowest BCUT2D eigenvalue weighted by Gasteiger charge is -2.03. The summed E-state index contributed by atoms with van der Waals surface area (Å²) >= 11 is 5.07. The Morgan fingerprint density at radius 3 is 2.76 bits per heavy atom. The van der Waals surface area contributed by atoms with E-state index in [4.69, 9.17) is 5.84 Å². The van der Waals surface area contributed by atoms with Crippen molar-refractivity contribution < 1.29 is 0 Å². The second-order valence-electron chi connectivity index (χ2n) is 4.33. The van der Waals surface area contributed by atoms with Crippen LogP contribution in [0.4, 0.5) is 0 Å². The molecule has 2 heterocycles. The molecule has 0 saturated carbocycles. The van der Waals surface area contributed by atoms with Crippen molar-refractivity contribution in [1.82, 2.24) is 14.9 Å². The van der Waals surface area contributed by atoms with Gasteiger partial charge in [-0.3, -0.25) is 4.99 Å². The van der Waals surface area contributed by atoms with E-state index in [0.29, 0.717) is 5.75 Å². The van der Waals surface area contributed by atoms with Gasteiger partial charge in [0.2, 0.25) is 5.16 Å². The van der Waals surface area contributed by atoms with Crippen LogP contribution in [0.25, 0.3) is 0 Å². The zero-order valence-electron chi connectivity index (χ0n) is 11.3. The van der Waals surface area contributed by atoms with Gasteiger partial charge in [0.25, 0.3) is 0 Å². The predicted octanol–water partition coefficient (Wildman–Crippen LogP) is 2.62. The number of nitrogens with two attached hydrogens (primary N) is 1. The van der Waals surface area contributed by atoms with Crippen LogP contribution in [0.5, 0.6) is 0 Å².